The van der Waals surface area contributed by atoms with E-state index in [0.29, 0.717) is 5.82 Å². The van der Waals surface area contributed by atoms with Gasteiger partial charge in [-0.2, -0.15) is 0 Å². The average Bonchev–Trinajstić information content (AvgIpc) is 2.67. The summed E-state index contributed by atoms with van der Waals surface area (Å²) in [5.74, 6) is -1.09. The van der Waals surface area contributed by atoms with Crippen molar-refractivity contribution < 1.29 is 18.3 Å². The number of rotatable bonds is 6. The van der Waals surface area contributed by atoms with Gasteiger partial charge in [-0.25, -0.2) is 18.1 Å². The molecular formula is C8H13N3O4S. The van der Waals surface area contributed by atoms with E-state index in [9.17, 15) is 13.2 Å². The molecule has 90 valence electrons. The van der Waals surface area contributed by atoms with E-state index in [1.165, 1.54) is 6.20 Å². The lowest BCUT2D eigenvalue weighted by molar-refractivity contribution is -0.136. The monoisotopic (exact) mass is 247 g/mol. The summed E-state index contributed by atoms with van der Waals surface area (Å²) in [5, 5.41) is 8.38. The summed E-state index contributed by atoms with van der Waals surface area (Å²) in [5.41, 5.74) is 0. The molecule has 1 aromatic heterocycles. The highest BCUT2D eigenvalue weighted by Crippen LogP contribution is 2.07. The van der Waals surface area contributed by atoms with Gasteiger partial charge in [0.15, 0.2) is 0 Å². The number of H-pyrrole nitrogens is 1. The molecule has 16 heavy (non-hydrogen) atoms. The second-order valence-corrected chi connectivity index (χ2v) is 5.15. The van der Waals surface area contributed by atoms with Crippen molar-refractivity contribution >= 4 is 16.0 Å². The number of hydrogen-bond donors (Lipinski definition) is 3. The number of sulfonamides is 1. The Bertz CT molecular complexity index is 440. The number of carbonyl (C=O) groups is 1. The van der Waals surface area contributed by atoms with Crippen LogP contribution in [0, 0.1) is 0 Å². The Hall–Kier alpha value is -1.41. The number of aromatic nitrogens is 2. The first-order chi connectivity index (χ1) is 7.41. The molecule has 0 saturated heterocycles. The van der Waals surface area contributed by atoms with Crippen molar-refractivity contribution in [3.63, 3.8) is 0 Å². The Labute approximate surface area is 93.0 Å². The standard InChI is InChI=1S/C8H13N3O4S/c1-6(8-9-3-4-10-8)11-16(14,15)5-2-7(12)13/h3-4,6,11H,2,5H2,1H3,(H,9,10)(H,12,13). The predicted molar refractivity (Wildman–Crippen MR) is 56.2 cm³/mol. The number of carboxylic acids is 1. The normalized spacial score (nSPS) is 13.6. The summed E-state index contributed by atoms with van der Waals surface area (Å²) in [6.45, 7) is 1.62. The minimum absolute atomic E-state index is 0.416. The molecule has 0 aromatic carbocycles. The molecule has 0 radical (unpaired) electrons. The molecule has 0 aliphatic rings. The molecule has 0 saturated carbocycles. The van der Waals surface area contributed by atoms with Crippen molar-refractivity contribution in [2.24, 2.45) is 0 Å². The van der Waals surface area contributed by atoms with Crippen LogP contribution in [-0.2, 0) is 14.8 Å². The largest absolute Gasteiger partial charge is 0.481 e. The van der Waals surface area contributed by atoms with E-state index in [-0.39, 0.29) is 0 Å². The highest BCUT2D eigenvalue weighted by molar-refractivity contribution is 7.89. The van der Waals surface area contributed by atoms with Crippen molar-refractivity contribution in [3.8, 4) is 0 Å². The molecule has 0 aliphatic carbocycles. The molecule has 1 rings (SSSR count). The van der Waals surface area contributed by atoms with Crippen LogP contribution >= 0.6 is 0 Å². The molecule has 0 fully saturated rings. The summed E-state index contributed by atoms with van der Waals surface area (Å²) in [6, 6.07) is -0.506. The molecule has 1 aromatic rings. The quantitative estimate of drug-likeness (QED) is 0.648. The molecule has 1 atom stereocenters. The van der Waals surface area contributed by atoms with Crippen LogP contribution in [0.25, 0.3) is 0 Å². The predicted octanol–water partition coefficient (Wildman–Crippen LogP) is -0.135. The topological polar surface area (TPSA) is 112 Å². The molecule has 8 heteroatoms. The van der Waals surface area contributed by atoms with Gasteiger partial charge in [0, 0.05) is 12.4 Å². The maximum absolute atomic E-state index is 11.4. The maximum atomic E-state index is 11.4. The number of carboxylic acid groups (broad SMARTS) is 1. The number of aromatic amines is 1. The van der Waals surface area contributed by atoms with E-state index in [1.807, 2.05) is 0 Å². The Balaban J connectivity index is 2.56. The lowest BCUT2D eigenvalue weighted by atomic mass is 10.3. The van der Waals surface area contributed by atoms with Crippen LogP contribution in [0.2, 0.25) is 0 Å². The third-order valence-corrected chi connectivity index (χ3v) is 3.32. The van der Waals surface area contributed by atoms with Crippen LogP contribution in [-0.4, -0.2) is 35.2 Å². The van der Waals surface area contributed by atoms with Crippen LogP contribution in [0.3, 0.4) is 0 Å². The minimum Gasteiger partial charge on any atom is -0.481 e. The highest BCUT2D eigenvalue weighted by atomic mass is 32.2. The molecular weight excluding hydrogens is 234 g/mol. The maximum Gasteiger partial charge on any atom is 0.304 e. The Kier molecular flexibility index (Phi) is 4.02. The number of nitrogens with one attached hydrogen (secondary N) is 2. The lowest BCUT2D eigenvalue weighted by Crippen LogP contribution is -2.30. The van der Waals surface area contributed by atoms with E-state index in [4.69, 9.17) is 5.11 Å². The van der Waals surface area contributed by atoms with Crippen molar-refractivity contribution in [2.45, 2.75) is 19.4 Å². The van der Waals surface area contributed by atoms with Crippen molar-refractivity contribution in [2.75, 3.05) is 5.75 Å². The fourth-order valence-electron chi connectivity index (χ4n) is 1.12. The van der Waals surface area contributed by atoms with Gasteiger partial charge in [0.1, 0.15) is 5.82 Å². The summed E-state index contributed by atoms with van der Waals surface area (Å²) in [4.78, 5) is 16.9. The van der Waals surface area contributed by atoms with Gasteiger partial charge in [-0.15, -0.1) is 0 Å². The van der Waals surface area contributed by atoms with E-state index in [1.54, 1.807) is 13.1 Å². The van der Waals surface area contributed by atoms with Crippen LogP contribution < -0.4 is 4.72 Å². The Morgan fingerprint density at radius 1 is 1.69 bits per heavy atom. The number of aliphatic carboxylic acids is 1. The second-order valence-electron chi connectivity index (χ2n) is 3.28. The zero-order chi connectivity index (χ0) is 12.2. The van der Waals surface area contributed by atoms with Crippen LogP contribution in [0.1, 0.15) is 25.2 Å². The summed E-state index contributed by atoms with van der Waals surface area (Å²) < 4.78 is 25.2. The van der Waals surface area contributed by atoms with Crippen molar-refractivity contribution in [1.82, 2.24) is 14.7 Å². The van der Waals surface area contributed by atoms with Gasteiger partial charge in [0.25, 0.3) is 0 Å². The van der Waals surface area contributed by atoms with Crippen LogP contribution in [0.5, 0.6) is 0 Å². The first-order valence-electron chi connectivity index (χ1n) is 4.62. The van der Waals surface area contributed by atoms with E-state index < -0.39 is 34.2 Å². The minimum atomic E-state index is -3.59. The van der Waals surface area contributed by atoms with Crippen LogP contribution in [0.15, 0.2) is 12.4 Å². The molecule has 0 amide bonds. The first-order valence-corrected chi connectivity index (χ1v) is 6.27. The van der Waals surface area contributed by atoms with Crippen LogP contribution in [0.4, 0.5) is 0 Å². The Morgan fingerprint density at radius 2 is 2.38 bits per heavy atom. The van der Waals surface area contributed by atoms with Gasteiger partial charge in [-0.1, -0.05) is 0 Å². The summed E-state index contributed by atoms with van der Waals surface area (Å²) in [6.07, 6.45) is 2.68. The van der Waals surface area contributed by atoms with Gasteiger partial charge < -0.3 is 10.1 Å². The summed E-state index contributed by atoms with van der Waals surface area (Å²) >= 11 is 0. The van der Waals surface area contributed by atoms with Gasteiger partial charge in [0.05, 0.1) is 18.2 Å². The fourth-order valence-corrected chi connectivity index (χ4v) is 2.33. The zero-order valence-electron chi connectivity index (χ0n) is 8.67. The number of imidazole rings is 1. The van der Waals surface area contributed by atoms with Gasteiger partial charge in [0.2, 0.25) is 10.0 Å². The van der Waals surface area contributed by atoms with E-state index >= 15 is 0 Å². The molecule has 0 bridgehead atoms. The van der Waals surface area contributed by atoms with E-state index in [2.05, 4.69) is 14.7 Å². The van der Waals surface area contributed by atoms with Gasteiger partial charge in [-0.05, 0) is 6.92 Å². The molecule has 1 heterocycles. The third kappa shape index (κ3) is 3.99. The molecule has 1 unspecified atom stereocenters. The fraction of sp³-hybridized carbons (Fsp3) is 0.500. The zero-order valence-corrected chi connectivity index (χ0v) is 9.49. The number of hydrogen-bond acceptors (Lipinski definition) is 4. The van der Waals surface area contributed by atoms with Gasteiger partial charge in [-0.3, -0.25) is 4.79 Å². The molecule has 0 aliphatic heterocycles. The smallest absolute Gasteiger partial charge is 0.304 e. The lowest BCUT2D eigenvalue weighted by Gasteiger charge is -2.11. The highest BCUT2D eigenvalue weighted by Gasteiger charge is 2.18. The van der Waals surface area contributed by atoms with Crippen molar-refractivity contribution in [3.05, 3.63) is 18.2 Å². The van der Waals surface area contributed by atoms with Crippen molar-refractivity contribution in [1.29, 1.82) is 0 Å². The summed E-state index contributed by atoms with van der Waals surface area (Å²) in [7, 11) is -3.59. The third-order valence-electron chi connectivity index (χ3n) is 1.87. The Morgan fingerprint density at radius 3 is 2.88 bits per heavy atom. The SMILES string of the molecule is CC(NS(=O)(=O)CCC(=O)O)c1ncc[nH]1. The second kappa shape index (κ2) is 5.08. The van der Waals surface area contributed by atoms with Gasteiger partial charge >= 0.3 is 5.97 Å². The average molecular weight is 247 g/mol. The number of nitrogens with zero attached hydrogens (tertiary/aromatic N) is 1. The first kappa shape index (κ1) is 12.7. The molecule has 3 N–H and O–H groups in total. The molecule has 0 spiro atoms. The molecule has 7 nitrogen and oxygen atoms in total. The van der Waals surface area contributed by atoms with E-state index in [0.717, 1.165) is 0 Å².